The van der Waals surface area contributed by atoms with Crippen molar-refractivity contribution >= 4 is 11.7 Å². The number of carbonyl (C=O) groups is 1. The van der Waals surface area contributed by atoms with E-state index in [1.807, 2.05) is 52.0 Å². The van der Waals surface area contributed by atoms with Crippen LogP contribution in [0.5, 0.6) is 0 Å². The van der Waals surface area contributed by atoms with Crippen molar-refractivity contribution in [2.75, 3.05) is 5.32 Å². The number of anilines is 1. The van der Waals surface area contributed by atoms with Gasteiger partial charge in [-0.1, -0.05) is 31.0 Å². The zero-order chi connectivity index (χ0) is 20.7. The van der Waals surface area contributed by atoms with E-state index < -0.39 is 0 Å². The van der Waals surface area contributed by atoms with Crippen molar-refractivity contribution in [1.29, 1.82) is 0 Å². The second kappa shape index (κ2) is 7.31. The molecule has 0 radical (unpaired) electrons. The van der Waals surface area contributed by atoms with Gasteiger partial charge in [-0.3, -0.25) is 14.6 Å². The number of hydrogen-bond acceptors (Lipinski definition) is 4. The molecular formula is C22H25N5O2. The molecule has 29 heavy (non-hydrogen) atoms. The van der Waals surface area contributed by atoms with Crippen LogP contribution in [0.2, 0.25) is 0 Å². The lowest BCUT2D eigenvalue weighted by molar-refractivity contribution is 0.102. The van der Waals surface area contributed by atoms with Gasteiger partial charge < -0.3 is 5.32 Å². The minimum absolute atomic E-state index is 0.0998. The number of nitrogens with zero attached hydrogens (tertiary/aromatic N) is 3. The quantitative estimate of drug-likeness (QED) is 0.691. The van der Waals surface area contributed by atoms with Gasteiger partial charge in [0.2, 0.25) is 5.95 Å². The van der Waals surface area contributed by atoms with Gasteiger partial charge in [0.1, 0.15) is 5.82 Å². The highest BCUT2D eigenvalue weighted by molar-refractivity contribution is 6.04. The molecule has 1 aliphatic carbocycles. The molecule has 0 spiro atoms. The number of benzene rings is 1. The molecule has 2 heterocycles. The molecule has 3 aromatic rings. The van der Waals surface area contributed by atoms with E-state index in [-0.39, 0.29) is 17.4 Å². The van der Waals surface area contributed by atoms with Crippen LogP contribution < -0.4 is 10.9 Å². The Morgan fingerprint density at radius 3 is 2.45 bits per heavy atom. The first-order valence-corrected chi connectivity index (χ1v) is 9.91. The van der Waals surface area contributed by atoms with Gasteiger partial charge >= 0.3 is 0 Å². The number of carbonyl (C=O) groups excluding carboxylic acids is 1. The Balaban J connectivity index is 1.74. The number of nitrogens with one attached hydrogen (secondary N) is 2. The third kappa shape index (κ3) is 4.13. The Bertz CT molecular complexity index is 1120. The summed E-state index contributed by atoms with van der Waals surface area (Å²) < 4.78 is 1.53. The van der Waals surface area contributed by atoms with Crippen LogP contribution in [0.25, 0.3) is 5.95 Å². The van der Waals surface area contributed by atoms with E-state index in [0.717, 1.165) is 29.7 Å². The number of aromatic amines is 1. The Hall–Kier alpha value is -3.22. The predicted octanol–water partition coefficient (Wildman–Crippen LogP) is 3.83. The Morgan fingerprint density at radius 1 is 1.14 bits per heavy atom. The maximum absolute atomic E-state index is 12.9. The molecule has 1 aromatic carbocycles. The monoisotopic (exact) mass is 391 g/mol. The molecule has 0 aliphatic heterocycles. The fraction of sp³-hybridized carbons (Fsp3) is 0.364. The summed E-state index contributed by atoms with van der Waals surface area (Å²) in [5.74, 6) is 1.09. The van der Waals surface area contributed by atoms with Crippen molar-refractivity contribution in [2.45, 2.75) is 52.4 Å². The molecule has 0 unspecified atom stereocenters. The second-order valence-electron chi connectivity index (χ2n) is 8.12. The average Bonchev–Trinajstić information content (AvgIpc) is 3.41. The van der Waals surface area contributed by atoms with Gasteiger partial charge in [-0.05, 0) is 44.7 Å². The molecule has 7 nitrogen and oxygen atoms in total. The molecule has 1 amide bonds. The van der Waals surface area contributed by atoms with Gasteiger partial charge in [0.05, 0.1) is 11.4 Å². The molecule has 2 aromatic heterocycles. The van der Waals surface area contributed by atoms with E-state index in [2.05, 4.69) is 20.4 Å². The molecule has 1 aliphatic rings. The minimum Gasteiger partial charge on any atom is -0.306 e. The summed E-state index contributed by atoms with van der Waals surface area (Å²) in [6.45, 7) is 7.89. The van der Waals surface area contributed by atoms with E-state index in [1.165, 1.54) is 10.7 Å². The minimum atomic E-state index is -0.242. The summed E-state index contributed by atoms with van der Waals surface area (Å²) in [6, 6.07) is 9.10. The maximum Gasteiger partial charge on any atom is 0.256 e. The van der Waals surface area contributed by atoms with Crippen LogP contribution in [-0.4, -0.2) is 25.7 Å². The lowest BCUT2D eigenvalue weighted by Crippen LogP contribution is -2.19. The third-order valence-electron chi connectivity index (χ3n) is 4.99. The summed E-state index contributed by atoms with van der Waals surface area (Å²) in [7, 11) is 0. The number of aromatic nitrogens is 4. The Morgan fingerprint density at radius 2 is 1.83 bits per heavy atom. The molecule has 0 atom stereocenters. The second-order valence-corrected chi connectivity index (χ2v) is 8.12. The number of aryl methyl sites for hydroxylation is 2. The van der Waals surface area contributed by atoms with Gasteiger partial charge in [0.25, 0.3) is 11.5 Å². The summed E-state index contributed by atoms with van der Waals surface area (Å²) in [4.78, 5) is 32.3. The molecule has 2 N–H and O–H groups in total. The molecule has 0 saturated heterocycles. The van der Waals surface area contributed by atoms with E-state index in [0.29, 0.717) is 28.9 Å². The molecule has 7 heteroatoms. The van der Waals surface area contributed by atoms with E-state index in [1.54, 1.807) is 0 Å². The lowest BCUT2D eigenvalue weighted by atomic mass is 10.1. The van der Waals surface area contributed by atoms with E-state index in [4.69, 9.17) is 0 Å². The van der Waals surface area contributed by atoms with Crippen LogP contribution in [0.3, 0.4) is 0 Å². The number of amides is 1. The Kier molecular flexibility index (Phi) is 4.82. The van der Waals surface area contributed by atoms with Crippen LogP contribution in [0.4, 0.5) is 5.82 Å². The van der Waals surface area contributed by atoms with Crippen molar-refractivity contribution in [2.24, 2.45) is 0 Å². The molecule has 150 valence electrons. The zero-order valence-corrected chi connectivity index (χ0v) is 17.1. The highest BCUT2D eigenvalue weighted by Gasteiger charge is 2.28. The van der Waals surface area contributed by atoms with Crippen molar-refractivity contribution in [3.63, 3.8) is 0 Å². The van der Waals surface area contributed by atoms with Crippen LogP contribution in [0.1, 0.15) is 71.4 Å². The van der Waals surface area contributed by atoms with Gasteiger partial charge in [0.15, 0.2) is 0 Å². The van der Waals surface area contributed by atoms with Crippen LogP contribution in [0, 0.1) is 13.8 Å². The van der Waals surface area contributed by atoms with Crippen LogP contribution in [0.15, 0.2) is 35.1 Å². The Labute approximate surface area is 169 Å². The highest BCUT2D eigenvalue weighted by atomic mass is 16.1. The van der Waals surface area contributed by atoms with Crippen molar-refractivity contribution in [3.05, 3.63) is 68.8 Å². The van der Waals surface area contributed by atoms with Crippen molar-refractivity contribution in [1.82, 2.24) is 19.7 Å². The highest BCUT2D eigenvalue weighted by Crippen LogP contribution is 2.40. The number of hydrogen-bond donors (Lipinski definition) is 2. The summed E-state index contributed by atoms with van der Waals surface area (Å²) >= 11 is 0. The standard InChI is InChI=1S/C22H25N5O2/c1-12(2)17-11-20(28)25-22(23-17)27-19(10-18(26-27)15-5-6-15)24-21(29)16-8-13(3)7-14(4)9-16/h7-12,15H,5-6H2,1-4H3,(H,24,29)(H,23,25,28). The van der Waals surface area contributed by atoms with E-state index in [9.17, 15) is 9.59 Å². The third-order valence-corrected chi connectivity index (χ3v) is 4.99. The van der Waals surface area contributed by atoms with Crippen molar-refractivity contribution < 1.29 is 4.79 Å². The maximum atomic E-state index is 12.9. The van der Waals surface area contributed by atoms with E-state index >= 15 is 0 Å². The van der Waals surface area contributed by atoms with Crippen molar-refractivity contribution in [3.8, 4) is 5.95 Å². The van der Waals surface area contributed by atoms with Gasteiger partial charge in [0, 0.05) is 23.6 Å². The molecular weight excluding hydrogens is 366 g/mol. The zero-order valence-electron chi connectivity index (χ0n) is 17.1. The average molecular weight is 391 g/mol. The van der Waals surface area contributed by atoms with Gasteiger partial charge in [-0.25, -0.2) is 4.98 Å². The van der Waals surface area contributed by atoms with Crippen LogP contribution >= 0.6 is 0 Å². The first-order valence-electron chi connectivity index (χ1n) is 9.91. The van der Waals surface area contributed by atoms with Crippen LogP contribution in [-0.2, 0) is 0 Å². The topological polar surface area (TPSA) is 92.7 Å². The smallest absolute Gasteiger partial charge is 0.256 e. The first-order chi connectivity index (χ1) is 13.8. The lowest BCUT2D eigenvalue weighted by Gasteiger charge is -2.11. The number of rotatable bonds is 5. The molecule has 1 fully saturated rings. The molecule has 4 rings (SSSR count). The predicted molar refractivity (Wildman–Crippen MR) is 112 cm³/mol. The fourth-order valence-electron chi connectivity index (χ4n) is 3.38. The SMILES string of the molecule is Cc1cc(C)cc(C(=O)Nc2cc(C3CC3)nn2-c2nc(C(C)C)cc(=O)[nH]2)c1. The van der Waals surface area contributed by atoms with Gasteiger partial charge in [-0.15, -0.1) is 0 Å². The summed E-state index contributed by atoms with van der Waals surface area (Å²) in [5.41, 5.74) is 3.97. The summed E-state index contributed by atoms with van der Waals surface area (Å²) in [6.07, 6.45) is 2.16. The number of H-pyrrole nitrogens is 1. The summed E-state index contributed by atoms with van der Waals surface area (Å²) in [5, 5.41) is 7.59. The fourth-order valence-corrected chi connectivity index (χ4v) is 3.38. The molecule has 1 saturated carbocycles. The normalized spacial score (nSPS) is 13.7. The first kappa shape index (κ1) is 19.1. The van der Waals surface area contributed by atoms with Gasteiger partial charge in [-0.2, -0.15) is 9.78 Å². The largest absolute Gasteiger partial charge is 0.306 e. The molecule has 0 bridgehead atoms.